The molecule has 150 valence electrons. The number of amides is 1. The van der Waals surface area contributed by atoms with Gasteiger partial charge in [0.1, 0.15) is 5.54 Å². The topological polar surface area (TPSA) is 69.6 Å². The van der Waals surface area contributed by atoms with Crippen molar-refractivity contribution in [1.29, 1.82) is 0 Å². The Morgan fingerprint density at radius 1 is 1.25 bits per heavy atom. The van der Waals surface area contributed by atoms with E-state index in [-0.39, 0.29) is 5.69 Å². The first kappa shape index (κ1) is 20.4. The molecule has 0 saturated heterocycles. The summed E-state index contributed by atoms with van der Waals surface area (Å²) in [6, 6.07) is 4.98. The average Bonchev–Trinajstić information content (AvgIpc) is 2.60. The number of carbonyl (C=O) groups is 2. The van der Waals surface area contributed by atoms with Crippen molar-refractivity contribution in [2.24, 2.45) is 0 Å². The molecule has 0 atom stereocenters. The maximum Gasteiger partial charge on any atom is 0.330 e. The Morgan fingerprint density at radius 3 is 2.36 bits per heavy atom. The van der Waals surface area contributed by atoms with Crippen LogP contribution in [-0.4, -0.2) is 34.5 Å². The molecule has 28 heavy (non-hydrogen) atoms. The number of hydrogen-bond acceptors (Lipinski definition) is 3. The Bertz CT molecular complexity index is 823. The minimum Gasteiger partial charge on any atom is -0.479 e. The summed E-state index contributed by atoms with van der Waals surface area (Å²) in [6.07, 6.45) is 6.41. The first-order valence-electron chi connectivity index (χ1n) is 9.17. The average molecular weight is 411 g/mol. The van der Waals surface area contributed by atoms with Gasteiger partial charge in [-0.2, -0.15) is 0 Å². The Labute approximate surface area is 167 Å². The number of carboxylic acids is 1. The fraction of sp³-hybridized carbons (Fsp3) is 0.500. The molecule has 1 amide bonds. The van der Waals surface area contributed by atoms with Crippen LogP contribution in [0.5, 0.6) is 0 Å². The third-order valence-corrected chi connectivity index (χ3v) is 5.95. The summed E-state index contributed by atoms with van der Waals surface area (Å²) in [5, 5.41) is 13.5. The number of halogens is 3. The number of carboxylic acid groups (broad SMARTS) is 1. The zero-order valence-electron chi connectivity index (χ0n) is 15.2. The second-order valence-corrected chi connectivity index (χ2v) is 7.82. The minimum atomic E-state index is -2.96. The molecular weight excluding hydrogens is 390 g/mol. The van der Waals surface area contributed by atoms with E-state index in [1.165, 1.54) is 6.07 Å². The number of nitrogens with zero attached hydrogens (tertiary/aromatic N) is 1. The van der Waals surface area contributed by atoms with Gasteiger partial charge in [0.15, 0.2) is 0 Å². The van der Waals surface area contributed by atoms with Crippen LogP contribution in [0.25, 0.3) is 0 Å². The van der Waals surface area contributed by atoms with Crippen LogP contribution in [-0.2, 0) is 9.59 Å². The number of carbonyl (C=O) groups excluding carboxylic acids is 1. The van der Waals surface area contributed by atoms with Crippen molar-refractivity contribution in [1.82, 2.24) is 0 Å². The van der Waals surface area contributed by atoms with E-state index in [0.717, 1.165) is 24.2 Å². The summed E-state index contributed by atoms with van der Waals surface area (Å²) in [4.78, 5) is 25.5. The van der Waals surface area contributed by atoms with Crippen molar-refractivity contribution in [3.63, 3.8) is 0 Å². The van der Waals surface area contributed by atoms with Crippen molar-refractivity contribution in [2.75, 3.05) is 10.2 Å². The fourth-order valence-corrected chi connectivity index (χ4v) is 3.95. The molecular formula is C20H21ClF2N2O3. The van der Waals surface area contributed by atoms with Gasteiger partial charge in [-0.15, -0.1) is 6.42 Å². The number of terminal acetylenes is 1. The lowest BCUT2D eigenvalue weighted by Crippen LogP contribution is -2.60. The summed E-state index contributed by atoms with van der Waals surface area (Å²) in [5.41, 5.74) is -0.986. The van der Waals surface area contributed by atoms with Crippen LogP contribution in [0, 0.1) is 12.3 Å². The molecule has 3 rings (SSSR count). The fourth-order valence-electron chi connectivity index (χ4n) is 3.72. The van der Waals surface area contributed by atoms with Crippen molar-refractivity contribution in [3.8, 4) is 12.3 Å². The number of rotatable bonds is 5. The van der Waals surface area contributed by atoms with Crippen molar-refractivity contribution in [3.05, 3.63) is 23.2 Å². The number of anilines is 2. The largest absolute Gasteiger partial charge is 0.479 e. The Balaban J connectivity index is 1.97. The monoisotopic (exact) mass is 410 g/mol. The number of benzene rings is 1. The first-order chi connectivity index (χ1) is 13.2. The van der Waals surface area contributed by atoms with E-state index < -0.39 is 49.0 Å². The first-order valence-corrected chi connectivity index (χ1v) is 9.54. The molecule has 1 aromatic carbocycles. The molecule has 0 aromatic heterocycles. The number of nitrogens with one attached hydrogen (secondary N) is 1. The molecule has 2 fully saturated rings. The lowest BCUT2D eigenvalue weighted by molar-refractivity contribution is -0.150. The Kier molecular flexibility index (Phi) is 5.53. The molecule has 8 heteroatoms. The van der Waals surface area contributed by atoms with Crippen LogP contribution in [0.4, 0.5) is 20.2 Å². The lowest BCUT2D eigenvalue weighted by Gasteiger charge is -2.44. The second kappa shape index (κ2) is 7.59. The molecule has 0 radical (unpaired) electrons. The number of aliphatic carboxylic acids is 1. The predicted molar refractivity (Wildman–Crippen MR) is 103 cm³/mol. The highest BCUT2D eigenvalue weighted by molar-refractivity contribution is 6.33. The van der Waals surface area contributed by atoms with Crippen molar-refractivity contribution < 1.29 is 23.5 Å². The Morgan fingerprint density at radius 2 is 1.89 bits per heavy atom. The quantitative estimate of drug-likeness (QED) is 0.710. The van der Waals surface area contributed by atoms with Gasteiger partial charge in [0, 0.05) is 24.6 Å². The lowest BCUT2D eigenvalue weighted by atomic mass is 9.78. The molecule has 0 unspecified atom stereocenters. The van der Waals surface area contributed by atoms with E-state index in [4.69, 9.17) is 18.0 Å². The zero-order chi connectivity index (χ0) is 20.5. The van der Waals surface area contributed by atoms with E-state index >= 15 is 0 Å². The van der Waals surface area contributed by atoms with Gasteiger partial charge in [-0.1, -0.05) is 11.6 Å². The van der Waals surface area contributed by atoms with Crippen LogP contribution in [0.2, 0.25) is 5.02 Å². The third-order valence-electron chi connectivity index (χ3n) is 5.64. The maximum absolute atomic E-state index is 13.7. The molecule has 2 aliphatic carbocycles. The third kappa shape index (κ3) is 3.79. The highest BCUT2D eigenvalue weighted by Gasteiger charge is 2.53. The van der Waals surface area contributed by atoms with E-state index in [1.54, 1.807) is 12.1 Å². The minimum absolute atomic E-state index is 0.180. The molecule has 0 spiro atoms. The van der Waals surface area contributed by atoms with Crippen LogP contribution >= 0.6 is 11.6 Å². The molecule has 2 saturated carbocycles. The van der Waals surface area contributed by atoms with Crippen LogP contribution < -0.4 is 10.2 Å². The van der Waals surface area contributed by atoms with Gasteiger partial charge in [0.2, 0.25) is 5.92 Å². The van der Waals surface area contributed by atoms with Gasteiger partial charge in [-0.3, -0.25) is 9.69 Å². The van der Waals surface area contributed by atoms with Gasteiger partial charge in [0.25, 0.3) is 0 Å². The van der Waals surface area contributed by atoms with Gasteiger partial charge < -0.3 is 10.4 Å². The van der Waals surface area contributed by atoms with Crippen molar-refractivity contribution >= 4 is 34.9 Å². The summed E-state index contributed by atoms with van der Waals surface area (Å²) >= 11 is 6.34. The molecule has 0 aliphatic heterocycles. The maximum atomic E-state index is 13.7. The van der Waals surface area contributed by atoms with Crippen molar-refractivity contribution in [2.45, 2.75) is 62.4 Å². The summed E-state index contributed by atoms with van der Waals surface area (Å²) in [6.45, 7) is 0. The van der Waals surface area contributed by atoms with E-state index in [1.807, 2.05) is 5.92 Å². The van der Waals surface area contributed by atoms with E-state index in [9.17, 15) is 23.5 Å². The number of alkyl halides is 2. The smallest absolute Gasteiger partial charge is 0.330 e. The molecule has 0 bridgehead atoms. The summed E-state index contributed by atoms with van der Waals surface area (Å²) in [7, 11) is 0. The van der Waals surface area contributed by atoms with E-state index in [0.29, 0.717) is 16.8 Å². The van der Waals surface area contributed by atoms with Gasteiger partial charge in [-0.25, -0.2) is 13.6 Å². The van der Waals surface area contributed by atoms with Crippen LogP contribution in [0.1, 0.15) is 44.9 Å². The van der Waals surface area contributed by atoms with Gasteiger partial charge >= 0.3 is 11.9 Å². The molecule has 2 aliphatic rings. The van der Waals surface area contributed by atoms with Gasteiger partial charge in [-0.05, 0) is 56.2 Å². The molecule has 2 N–H and O–H groups in total. The zero-order valence-corrected chi connectivity index (χ0v) is 15.9. The number of hydrogen-bond donors (Lipinski definition) is 2. The molecule has 0 heterocycles. The normalized spacial score (nSPS) is 20.5. The summed E-state index contributed by atoms with van der Waals surface area (Å²) < 4.78 is 27.3. The molecule has 5 nitrogen and oxygen atoms in total. The van der Waals surface area contributed by atoms with Crippen LogP contribution in [0.15, 0.2) is 18.2 Å². The Hall–Kier alpha value is -2.33. The van der Waals surface area contributed by atoms with Crippen LogP contribution in [0.3, 0.4) is 0 Å². The molecule has 1 aromatic rings. The predicted octanol–water partition coefficient (Wildman–Crippen LogP) is 4.30. The highest BCUT2D eigenvalue weighted by Crippen LogP contribution is 2.44. The van der Waals surface area contributed by atoms with E-state index in [2.05, 4.69) is 5.32 Å². The second-order valence-electron chi connectivity index (χ2n) is 7.41. The van der Waals surface area contributed by atoms with Gasteiger partial charge in [0.05, 0.1) is 10.7 Å². The SMILES string of the molecule is C#CC(=O)N(c1ccc(NC2CCC2)c(Cl)c1)C1(C(=O)O)CCC(F)(F)CC1. The highest BCUT2D eigenvalue weighted by atomic mass is 35.5. The summed E-state index contributed by atoms with van der Waals surface area (Å²) in [5.74, 6) is -3.30. The standard InChI is InChI=1S/C20H21ClF2N2O3/c1-2-17(26)25(19(18(27)28)8-10-20(22,23)11-9-19)14-6-7-16(15(21)12-14)24-13-4-3-5-13/h1,6-7,12-13,24H,3-5,8-11H2,(H,27,28).